The smallest absolute Gasteiger partial charge is 0.360 e. The van der Waals surface area contributed by atoms with Crippen LogP contribution >= 0.6 is 0 Å². The molecule has 0 aliphatic rings. The Morgan fingerprint density at radius 2 is 1.81 bits per heavy atom. The van der Waals surface area contributed by atoms with Crippen LogP contribution in [0.4, 0.5) is 0 Å². The normalized spacial score (nSPS) is 10.0. The molecule has 110 valence electrons. The van der Waals surface area contributed by atoms with E-state index in [1.807, 2.05) is 31.2 Å². The third kappa shape index (κ3) is 3.31. The molecule has 0 aliphatic carbocycles. The Morgan fingerprint density at radius 1 is 1.10 bits per heavy atom. The van der Waals surface area contributed by atoms with Gasteiger partial charge in [0.25, 0.3) is 0 Å². The zero-order chi connectivity index (χ0) is 15.2. The monoisotopic (exact) mass is 287 g/mol. The number of carbonyl (C=O) groups excluding carboxylic acids is 1. The van der Waals surface area contributed by atoms with E-state index in [1.54, 1.807) is 12.1 Å². The molecule has 21 heavy (non-hydrogen) atoms. The number of hydrogen-bond donors (Lipinski definition) is 0. The van der Waals surface area contributed by atoms with Gasteiger partial charge in [-0.25, -0.2) is 9.78 Å². The van der Waals surface area contributed by atoms with Crippen LogP contribution in [0.25, 0.3) is 11.3 Å². The van der Waals surface area contributed by atoms with Gasteiger partial charge in [0.15, 0.2) is 11.4 Å². The first-order valence-electron chi connectivity index (χ1n) is 6.56. The summed E-state index contributed by atoms with van der Waals surface area (Å²) < 4.78 is 15.2. The fourth-order valence-corrected chi connectivity index (χ4v) is 1.90. The number of pyridine rings is 1. The zero-order valence-electron chi connectivity index (χ0n) is 12.3. The van der Waals surface area contributed by atoms with Crippen LogP contribution in [-0.4, -0.2) is 31.8 Å². The molecule has 0 unspecified atom stereocenters. The minimum absolute atomic E-state index is 0.159. The summed E-state index contributed by atoms with van der Waals surface area (Å²) in [6.07, 6.45) is 0. The highest BCUT2D eigenvalue weighted by Gasteiger charge is 2.16. The molecular formula is C16H17NO4. The SMILES string of the molecule is CCOc1ccc(-c2ccc(OC)c(C(=O)OC)n2)cc1. The number of nitrogens with zero attached hydrogens (tertiary/aromatic N) is 1. The Hall–Kier alpha value is -2.56. The van der Waals surface area contributed by atoms with Crippen LogP contribution in [-0.2, 0) is 4.74 Å². The van der Waals surface area contributed by atoms with Crippen molar-refractivity contribution >= 4 is 5.97 Å². The fraction of sp³-hybridized carbons (Fsp3) is 0.250. The van der Waals surface area contributed by atoms with Gasteiger partial charge in [0, 0.05) is 5.56 Å². The number of carbonyl (C=O) groups is 1. The molecule has 0 aliphatic heterocycles. The van der Waals surface area contributed by atoms with Gasteiger partial charge < -0.3 is 14.2 Å². The largest absolute Gasteiger partial charge is 0.494 e. The molecule has 1 aromatic heterocycles. The molecule has 0 saturated carbocycles. The van der Waals surface area contributed by atoms with Crippen molar-refractivity contribution in [1.29, 1.82) is 0 Å². The molecule has 0 saturated heterocycles. The summed E-state index contributed by atoms with van der Waals surface area (Å²) in [5, 5.41) is 0. The van der Waals surface area contributed by atoms with E-state index in [0.29, 0.717) is 18.1 Å². The molecule has 1 heterocycles. The average molecular weight is 287 g/mol. The number of rotatable bonds is 5. The van der Waals surface area contributed by atoms with Gasteiger partial charge in [-0.1, -0.05) is 0 Å². The van der Waals surface area contributed by atoms with Gasteiger partial charge in [0.1, 0.15) is 5.75 Å². The van der Waals surface area contributed by atoms with Crippen LogP contribution in [0.2, 0.25) is 0 Å². The van der Waals surface area contributed by atoms with Crippen LogP contribution in [0.15, 0.2) is 36.4 Å². The zero-order valence-corrected chi connectivity index (χ0v) is 12.3. The van der Waals surface area contributed by atoms with Crippen molar-refractivity contribution in [2.45, 2.75) is 6.92 Å². The highest BCUT2D eigenvalue weighted by Crippen LogP contribution is 2.25. The van der Waals surface area contributed by atoms with Gasteiger partial charge in [0.2, 0.25) is 0 Å². The maximum absolute atomic E-state index is 11.7. The molecule has 2 aromatic rings. The lowest BCUT2D eigenvalue weighted by molar-refractivity contribution is 0.0590. The summed E-state index contributed by atoms with van der Waals surface area (Å²) in [5.41, 5.74) is 1.71. The topological polar surface area (TPSA) is 57.7 Å². The fourth-order valence-electron chi connectivity index (χ4n) is 1.90. The van der Waals surface area contributed by atoms with Crippen LogP contribution in [0.1, 0.15) is 17.4 Å². The minimum Gasteiger partial charge on any atom is -0.494 e. The number of esters is 1. The molecule has 5 nitrogen and oxygen atoms in total. The summed E-state index contributed by atoms with van der Waals surface area (Å²) >= 11 is 0. The molecule has 0 bridgehead atoms. The molecule has 0 amide bonds. The molecule has 0 atom stereocenters. The third-order valence-electron chi connectivity index (χ3n) is 2.92. The lowest BCUT2D eigenvalue weighted by Crippen LogP contribution is -2.07. The van der Waals surface area contributed by atoms with Gasteiger partial charge in [-0.15, -0.1) is 0 Å². The lowest BCUT2D eigenvalue weighted by Gasteiger charge is -2.09. The first kappa shape index (κ1) is 14.8. The second-order valence-electron chi connectivity index (χ2n) is 4.20. The standard InChI is InChI=1S/C16H17NO4/c1-4-21-12-7-5-11(6-8-12)13-9-10-14(19-2)15(17-13)16(18)20-3/h5-10H,4H2,1-3H3. The average Bonchev–Trinajstić information content (AvgIpc) is 2.54. The summed E-state index contributed by atoms with van der Waals surface area (Å²) in [6, 6.07) is 11.0. The van der Waals surface area contributed by atoms with Crippen LogP contribution < -0.4 is 9.47 Å². The van der Waals surface area contributed by atoms with Crippen molar-refractivity contribution in [3.8, 4) is 22.8 Å². The second-order valence-corrected chi connectivity index (χ2v) is 4.20. The van der Waals surface area contributed by atoms with E-state index in [4.69, 9.17) is 14.2 Å². The van der Waals surface area contributed by atoms with Crippen LogP contribution in [0.3, 0.4) is 0 Å². The molecule has 5 heteroatoms. The minimum atomic E-state index is -0.528. The molecule has 1 aromatic carbocycles. The summed E-state index contributed by atoms with van der Waals surface area (Å²) in [4.78, 5) is 16.1. The van der Waals surface area contributed by atoms with Gasteiger partial charge in [-0.3, -0.25) is 0 Å². The first-order chi connectivity index (χ1) is 10.2. The molecule has 0 spiro atoms. The number of aromatic nitrogens is 1. The van der Waals surface area contributed by atoms with Gasteiger partial charge >= 0.3 is 5.97 Å². The Morgan fingerprint density at radius 3 is 2.38 bits per heavy atom. The van der Waals surface area contributed by atoms with Crippen molar-refractivity contribution in [3.63, 3.8) is 0 Å². The van der Waals surface area contributed by atoms with Crippen molar-refractivity contribution in [3.05, 3.63) is 42.1 Å². The van der Waals surface area contributed by atoms with E-state index < -0.39 is 5.97 Å². The Labute approximate surface area is 123 Å². The van der Waals surface area contributed by atoms with Crippen molar-refractivity contribution in [1.82, 2.24) is 4.98 Å². The maximum Gasteiger partial charge on any atom is 0.360 e. The van der Waals surface area contributed by atoms with E-state index in [9.17, 15) is 4.79 Å². The first-order valence-corrected chi connectivity index (χ1v) is 6.56. The van der Waals surface area contributed by atoms with Crippen molar-refractivity contribution in [2.24, 2.45) is 0 Å². The number of benzene rings is 1. The summed E-state index contributed by atoms with van der Waals surface area (Å²) in [7, 11) is 2.80. The lowest BCUT2D eigenvalue weighted by atomic mass is 10.1. The predicted molar refractivity (Wildman–Crippen MR) is 78.7 cm³/mol. The molecular weight excluding hydrogens is 270 g/mol. The predicted octanol–water partition coefficient (Wildman–Crippen LogP) is 2.94. The van der Waals surface area contributed by atoms with Gasteiger partial charge in [0.05, 0.1) is 26.5 Å². The van der Waals surface area contributed by atoms with Crippen molar-refractivity contribution < 1.29 is 19.0 Å². The Bertz CT molecular complexity index is 623. The van der Waals surface area contributed by atoms with E-state index in [-0.39, 0.29) is 5.69 Å². The highest BCUT2D eigenvalue weighted by molar-refractivity contribution is 5.91. The number of ether oxygens (including phenoxy) is 3. The van der Waals surface area contributed by atoms with Crippen LogP contribution in [0.5, 0.6) is 11.5 Å². The van der Waals surface area contributed by atoms with E-state index in [0.717, 1.165) is 11.3 Å². The van der Waals surface area contributed by atoms with E-state index in [1.165, 1.54) is 14.2 Å². The van der Waals surface area contributed by atoms with Gasteiger partial charge in [-0.2, -0.15) is 0 Å². The molecule has 2 rings (SSSR count). The quantitative estimate of drug-likeness (QED) is 0.791. The maximum atomic E-state index is 11.7. The van der Waals surface area contributed by atoms with E-state index >= 15 is 0 Å². The third-order valence-corrected chi connectivity index (χ3v) is 2.92. The van der Waals surface area contributed by atoms with Crippen molar-refractivity contribution in [2.75, 3.05) is 20.8 Å². The Balaban J connectivity index is 2.37. The van der Waals surface area contributed by atoms with E-state index in [2.05, 4.69) is 4.98 Å². The molecule has 0 radical (unpaired) electrons. The van der Waals surface area contributed by atoms with Gasteiger partial charge in [-0.05, 0) is 43.3 Å². The number of hydrogen-bond acceptors (Lipinski definition) is 5. The molecule has 0 N–H and O–H groups in total. The molecule has 0 fully saturated rings. The number of methoxy groups -OCH3 is 2. The van der Waals surface area contributed by atoms with Crippen LogP contribution in [0, 0.1) is 0 Å². The highest BCUT2D eigenvalue weighted by atomic mass is 16.5. The summed E-state index contributed by atoms with van der Waals surface area (Å²) in [5.74, 6) is 0.652. The summed E-state index contributed by atoms with van der Waals surface area (Å²) in [6.45, 7) is 2.55. The Kier molecular flexibility index (Phi) is 4.77. The second kappa shape index (κ2) is 6.74.